The molecule has 0 saturated carbocycles. The van der Waals surface area contributed by atoms with Gasteiger partial charge in [0.2, 0.25) is 0 Å². The topological polar surface area (TPSA) is 46.5 Å². The Labute approximate surface area is 200 Å². The second-order valence-electron chi connectivity index (χ2n) is 8.82. The highest BCUT2D eigenvalue weighted by Gasteiger charge is 2.85. The van der Waals surface area contributed by atoms with Crippen molar-refractivity contribution in [2.45, 2.75) is 56.3 Å². The minimum atomic E-state index is -7.10. The van der Waals surface area contributed by atoms with Crippen LogP contribution in [0.4, 0.5) is 52.7 Å². The molecule has 0 fully saturated rings. The van der Waals surface area contributed by atoms with Crippen molar-refractivity contribution in [3.63, 3.8) is 0 Å². The zero-order valence-electron chi connectivity index (χ0n) is 18.8. The molecule has 0 bridgehead atoms. The number of ether oxygens (including phenoxy) is 1. The first-order chi connectivity index (χ1) is 16.4. The van der Waals surface area contributed by atoms with Gasteiger partial charge in [-0.05, 0) is 41.8 Å². The Morgan fingerprint density at radius 1 is 0.703 bits per heavy atom. The lowest BCUT2D eigenvalue weighted by Gasteiger charge is -2.39. The monoisotopic (exact) mass is 556 g/mol. The van der Waals surface area contributed by atoms with Crippen molar-refractivity contribution < 1.29 is 67.3 Å². The summed E-state index contributed by atoms with van der Waals surface area (Å²) in [7, 11) is 0. The van der Waals surface area contributed by atoms with Crippen LogP contribution in [0.1, 0.15) is 47.8 Å². The summed E-state index contributed by atoms with van der Waals surface area (Å²) in [6.07, 6.45) is -26.2. The molecule has 1 N–H and O–H groups in total. The zero-order chi connectivity index (χ0) is 29.0. The van der Waals surface area contributed by atoms with Gasteiger partial charge in [-0.25, -0.2) is 4.79 Å². The summed E-state index contributed by atoms with van der Waals surface area (Å²) in [6.45, 7) is 3.86. The number of phenolic OH excluding ortho intramolecular Hbond substituents is 1. The summed E-state index contributed by atoms with van der Waals surface area (Å²) in [4.78, 5) is 12.4. The first-order valence-corrected chi connectivity index (χ1v) is 9.83. The number of aromatic hydroxyl groups is 1. The molecule has 0 atom stereocenters. The van der Waals surface area contributed by atoms with Gasteiger partial charge in [0.1, 0.15) is 11.5 Å². The lowest BCUT2D eigenvalue weighted by molar-refractivity contribution is -0.387. The minimum absolute atomic E-state index is 0.213. The lowest BCUT2D eigenvalue weighted by Crippen LogP contribution is -2.63. The largest absolute Gasteiger partial charge is 0.508 e. The predicted molar refractivity (Wildman–Crippen MR) is 103 cm³/mol. The number of rotatable bonds is 3. The maximum absolute atomic E-state index is 13.7. The van der Waals surface area contributed by atoms with Gasteiger partial charge in [-0.15, -0.1) is 0 Å². The predicted octanol–water partition coefficient (Wildman–Crippen LogP) is 7.85. The van der Waals surface area contributed by atoms with Gasteiger partial charge in [0.25, 0.3) is 5.41 Å². The number of alkyl halides is 12. The number of carbonyl (C=O) groups excluding carboxylic acids is 1. The number of hydrogen-bond donors (Lipinski definition) is 1. The molecular weight excluding hydrogens is 540 g/mol. The Bertz CT molecular complexity index is 1110. The third-order valence-electron chi connectivity index (χ3n) is 5.24. The van der Waals surface area contributed by atoms with E-state index in [1.165, 1.54) is 20.8 Å². The summed E-state index contributed by atoms with van der Waals surface area (Å²) in [5.41, 5.74) is -13.2. The minimum Gasteiger partial charge on any atom is -0.508 e. The van der Waals surface area contributed by atoms with E-state index in [9.17, 15) is 62.6 Å². The van der Waals surface area contributed by atoms with Crippen LogP contribution in [0.5, 0.6) is 11.5 Å². The molecule has 0 heterocycles. The number of phenols is 1. The third kappa shape index (κ3) is 5.44. The van der Waals surface area contributed by atoms with Crippen molar-refractivity contribution in [1.29, 1.82) is 0 Å². The van der Waals surface area contributed by atoms with Crippen LogP contribution in [0.3, 0.4) is 0 Å². The Hall–Kier alpha value is -3.13. The zero-order valence-corrected chi connectivity index (χ0v) is 18.8. The van der Waals surface area contributed by atoms with E-state index in [1.54, 1.807) is 0 Å². The SMILES string of the molecule is CC(C)(C)c1cc(OC(=O)c2ccc(C(F)(F)F)cc2)c(C(C(F)(F)F)(C(F)(F)F)C(F)(F)F)cc1O. The molecule has 15 heteroatoms. The molecule has 37 heavy (non-hydrogen) atoms. The number of halogens is 12. The van der Waals surface area contributed by atoms with Gasteiger partial charge in [-0.2, -0.15) is 52.7 Å². The van der Waals surface area contributed by atoms with Crippen LogP contribution in [0.15, 0.2) is 36.4 Å². The van der Waals surface area contributed by atoms with Crippen molar-refractivity contribution in [1.82, 2.24) is 0 Å². The molecule has 0 aromatic heterocycles. The average Bonchev–Trinajstić information content (AvgIpc) is 2.65. The van der Waals surface area contributed by atoms with Crippen LogP contribution in [-0.4, -0.2) is 29.6 Å². The molecule has 0 aliphatic carbocycles. The normalized spacial score (nSPS) is 14.0. The van der Waals surface area contributed by atoms with Crippen molar-refractivity contribution in [3.05, 3.63) is 58.7 Å². The molecule has 0 spiro atoms. The average molecular weight is 556 g/mol. The van der Waals surface area contributed by atoms with E-state index in [0.29, 0.717) is 24.3 Å². The number of benzene rings is 2. The summed E-state index contributed by atoms with van der Waals surface area (Å²) in [5, 5.41) is 10.1. The van der Waals surface area contributed by atoms with E-state index in [-0.39, 0.29) is 6.07 Å². The third-order valence-corrected chi connectivity index (χ3v) is 5.24. The van der Waals surface area contributed by atoms with Crippen molar-refractivity contribution in [2.24, 2.45) is 0 Å². The highest BCUT2D eigenvalue weighted by atomic mass is 19.4. The van der Waals surface area contributed by atoms with Crippen molar-refractivity contribution >= 4 is 5.97 Å². The van der Waals surface area contributed by atoms with Gasteiger partial charge < -0.3 is 9.84 Å². The second kappa shape index (κ2) is 9.01. The number of esters is 1. The van der Waals surface area contributed by atoms with E-state index in [1.807, 2.05) is 0 Å². The molecule has 0 saturated heterocycles. The van der Waals surface area contributed by atoms with Gasteiger partial charge in [-0.3, -0.25) is 0 Å². The summed E-state index contributed by atoms with van der Waals surface area (Å²) >= 11 is 0. The molecule has 2 aromatic rings. The Balaban J connectivity index is 2.89. The Morgan fingerprint density at radius 3 is 1.49 bits per heavy atom. The fourth-order valence-corrected chi connectivity index (χ4v) is 3.44. The van der Waals surface area contributed by atoms with Gasteiger partial charge in [0.05, 0.1) is 11.1 Å². The lowest BCUT2D eigenvalue weighted by atomic mass is 9.75. The van der Waals surface area contributed by atoms with Crippen molar-refractivity contribution in [3.8, 4) is 11.5 Å². The molecule has 0 aliphatic heterocycles. The fraction of sp³-hybridized carbons (Fsp3) is 0.409. The van der Waals surface area contributed by atoms with Crippen molar-refractivity contribution in [2.75, 3.05) is 0 Å². The Kier molecular flexibility index (Phi) is 7.33. The summed E-state index contributed by atoms with van der Waals surface area (Å²) < 4.78 is 166. The fourth-order valence-electron chi connectivity index (χ4n) is 3.44. The standard InChI is InChI=1S/C22H16F12O3/c1-17(2,3)12-9-15(37-16(36)10-4-6-11(7-5-10)19(23,24)25)13(8-14(12)35)18(20(26,27)28,21(29,30)31)22(32,33)34/h4-9,35H,1-3H3. The van der Waals surface area contributed by atoms with Gasteiger partial charge in [-0.1, -0.05) is 20.8 Å². The number of carbonyl (C=O) groups is 1. The molecule has 0 aliphatic rings. The first-order valence-electron chi connectivity index (χ1n) is 9.83. The highest BCUT2D eigenvalue weighted by molar-refractivity contribution is 5.91. The van der Waals surface area contributed by atoms with Crippen LogP contribution >= 0.6 is 0 Å². The van der Waals surface area contributed by atoms with Crippen LogP contribution in [0.2, 0.25) is 0 Å². The molecule has 206 valence electrons. The van der Waals surface area contributed by atoms with Gasteiger partial charge >= 0.3 is 30.7 Å². The van der Waals surface area contributed by atoms with E-state index in [2.05, 4.69) is 4.74 Å². The van der Waals surface area contributed by atoms with Crippen LogP contribution in [0, 0.1) is 0 Å². The quantitative estimate of drug-likeness (QED) is 0.238. The van der Waals surface area contributed by atoms with Crippen LogP contribution in [-0.2, 0) is 17.0 Å². The first kappa shape index (κ1) is 30.1. The molecular formula is C22H16F12O3. The summed E-state index contributed by atoms with van der Waals surface area (Å²) in [5.74, 6) is -5.11. The van der Waals surface area contributed by atoms with E-state index in [4.69, 9.17) is 0 Å². The van der Waals surface area contributed by atoms with Crippen LogP contribution < -0.4 is 4.74 Å². The second-order valence-corrected chi connectivity index (χ2v) is 8.82. The molecule has 2 aromatic carbocycles. The molecule has 2 rings (SSSR count). The molecule has 0 radical (unpaired) electrons. The molecule has 0 amide bonds. The van der Waals surface area contributed by atoms with Gasteiger partial charge in [0, 0.05) is 11.1 Å². The molecule has 0 unspecified atom stereocenters. The maximum Gasteiger partial charge on any atom is 0.416 e. The van der Waals surface area contributed by atoms with Crippen LogP contribution in [0.25, 0.3) is 0 Å². The molecule has 3 nitrogen and oxygen atoms in total. The summed E-state index contributed by atoms with van der Waals surface area (Å²) in [6, 6.07) is 1.36. The van der Waals surface area contributed by atoms with E-state index in [0.717, 1.165) is 0 Å². The highest BCUT2D eigenvalue weighted by Crippen LogP contribution is 2.63. The maximum atomic E-state index is 13.7. The van der Waals surface area contributed by atoms with Gasteiger partial charge in [0.15, 0.2) is 0 Å². The van der Waals surface area contributed by atoms with E-state index < -0.39 is 81.3 Å². The van der Waals surface area contributed by atoms with E-state index >= 15 is 0 Å². The smallest absolute Gasteiger partial charge is 0.416 e. The number of hydrogen-bond acceptors (Lipinski definition) is 3. The Morgan fingerprint density at radius 2 is 1.14 bits per heavy atom.